The van der Waals surface area contributed by atoms with Gasteiger partial charge in [0.15, 0.2) is 0 Å². The minimum Gasteiger partial charge on any atom is -0.330 e. The maximum atomic E-state index is 11.9. The third-order valence-electron chi connectivity index (χ3n) is 2.85. The van der Waals surface area contributed by atoms with E-state index in [0.717, 1.165) is 27.7 Å². The summed E-state index contributed by atoms with van der Waals surface area (Å²) in [7, 11) is 0. The number of benzene rings is 1. The molecule has 0 fully saturated rings. The molecule has 17 heavy (non-hydrogen) atoms. The first-order chi connectivity index (χ1) is 7.99. The molecule has 1 aromatic rings. The highest BCUT2D eigenvalue weighted by atomic mass is 79.9. The lowest BCUT2D eigenvalue weighted by Gasteiger charge is -2.14. The Labute approximate surface area is 111 Å². The molecule has 4 heteroatoms. The fourth-order valence-electron chi connectivity index (χ4n) is 1.72. The predicted octanol–water partition coefficient (Wildman–Crippen LogP) is 2.99. The molecule has 1 rings (SSSR count). The van der Waals surface area contributed by atoms with Crippen molar-refractivity contribution < 1.29 is 4.79 Å². The summed E-state index contributed by atoms with van der Waals surface area (Å²) in [4.78, 5) is 11.9. The lowest BCUT2D eigenvalue weighted by molar-refractivity contribution is -0.119. The van der Waals surface area contributed by atoms with E-state index in [0.29, 0.717) is 6.54 Å². The van der Waals surface area contributed by atoms with E-state index in [1.54, 1.807) is 0 Å². The van der Waals surface area contributed by atoms with Crippen LogP contribution in [0.1, 0.15) is 24.5 Å². The number of amides is 1. The van der Waals surface area contributed by atoms with Gasteiger partial charge in [0.1, 0.15) is 0 Å². The molecule has 1 atom stereocenters. The Morgan fingerprint density at radius 3 is 2.35 bits per heavy atom. The van der Waals surface area contributed by atoms with Crippen molar-refractivity contribution in [3.8, 4) is 0 Å². The van der Waals surface area contributed by atoms with Crippen LogP contribution in [0.3, 0.4) is 0 Å². The summed E-state index contributed by atoms with van der Waals surface area (Å²) in [6.45, 7) is 6.37. The predicted molar refractivity (Wildman–Crippen MR) is 75.1 cm³/mol. The molecule has 3 nitrogen and oxygen atoms in total. The number of nitrogens with two attached hydrogens (primary N) is 1. The van der Waals surface area contributed by atoms with Crippen LogP contribution in [0.2, 0.25) is 0 Å². The quantitative estimate of drug-likeness (QED) is 0.898. The van der Waals surface area contributed by atoms with Gasteiger partial charge in [-0.2, -0.15) is 0 Å². The molecule has 0 aliphatic carbocycles. The van der Waals surface area contributed by atoms with Crippen LogP contribution >= 0.6 is 15.9 Å². The lowest BCUT2D eigenvalue weighted by Crippen LogP contribution is -2.28. The zero-order valence-electron chi connectivity index (χ0n) is 10.5. The number of aryl methyl sites for hydroxylation is 2. The molecule has 3 N–H and O–H groups in total. The van der Waals surface area contributed by atoms with Gasteiger partial charge in [-0.05, 0) is 43.5 Å². The zero-order chi connectivity index (χ0) is 13.0. The molecule has 0 saturated heterocycles. The Bertz CT molecular complexity index is 391. The van der Waals surface area contributed by atoms with E-state index in [9.17, 15) is 4.79 Å². The number of hydrogen-bond donors (Lipinski definition) is 2. The fourth-order valence-corrected chi connectivity index (χ4v) is 1.95. The van der Waals surface area contributed by atoms with Crippen LogP contribution in [0.5, 0.6) is 0 Å². The zero-order valence-corrected chi connectivity index (χ0v) is 12.1. The lowest BCUT2D eigenvalue weighted by atomic mass is 10.1. The average Bonchev–Trinajstić information content (AvgIpc) is 2.27. The van der Waals surface area contributed by atoms with Crippen molar-refractivity contribution in [2.75, 3.05) is 11.9 Å². The third-order valence-corrected chi connectivity index (χ3v) is 4.10. The van der Waals surface area contributed by atoms with Crippen molar-refractivity contribution in [2.45, 2.75) is 27.2 Å². The molecule has 0 aliphatic heterocycles. The Hall–Kier alpha value is -0.870. The van der Waals surface area contributed by atoms with Crippen molar-refractivity contribution >= 4 is 27.5 Å². The van der Waals surface area contributed by atoms with Gasteiger partial charge in [-0.15, -0.1) is 0 Å². The molecule has 1 unspecified atom stereocenters. The van der Waals surface area contributed by atoms with Crippen molar-refractivity contribution in [1.82, 2.24) is 0 Å². The van der Waals surface area contributed by atoms with Crippen LogP contribution in [0.4, 0.5) is 5.69 Å². The van der Waals surface area contributed by atoms with Crippen LogP contribution in [0, 0.1) is 19.8 Å². The maximum Gasteiger partial charge on any atom is 0.228 e. The summed E-state index contributed by atoms with van der Waals surface area (Å²) in [5.41, 5.74) is 8.61. The van der Waals surface area contributed by atoms with Crippen LogP contribution < -0.4 is 11.1 Å². The van der Waals surface area contributed by atoms with Crippen molar-refractivity contribution in [3.63, 3.8) is 0 Å². The SMILES string of the molecule is CCC(CN)C(=O)Nc1cc(C)c(Br)c(C)c1. The molecule has 0 aromatic heterocycles. The van der Waals surface area contributed by atoms with Crippen LogP contribution in [0.25, 0.3) is 0 Å². The highest BCUT2D eigenvalue weighted by Gasteiger charge is 2.15. The highest BCUT2D eigenvalue weighted by Crippen LogP contribution is 2.25. The van der Waals surface area contributed by atoms with E-state index in [-0.39, 0.29) is 11.8 Å². The van der Waals surface area contributed by atoms with E-state index in [1.165, 1.54) is 0 Å². The van der Waals surface area contributed by atoms with Gasteiger partial charge < -0.3 is 11.1 Å². The second-order valence-corrected chi connectivity index (χ2v) is 5.05. The minimum absolute atomic E-state index is 0.00359. The van der Waals surface area contributed by atoms with Gasteiger partial charge in [-0.1, -0.05) is 22.9 Å². The summed E-state index contributed by atoms with van der Waals surface area (Å²) < 4.78 is 1.08. The van der Waals surface area contributed by atoms with Gasteiger partial charge in [-0.3, -0.25) is 4.79 Å². The van der Waals surface area contributed by atoms with E-state index < -0.39 is 0 Å². The van der Waals surface area contributed by atoms with E-state index >= 15 is 0 Å². The number of rotatable bonds is 4. The smallest absolute Gasteiger partial charge is 0.228 e. The standard InChI is InChI=1S/C13H19BrN2O/c1-4-10(7-15)13(17)16-11-5-8(2)12(14)9(3)6-11/h5-6,10H,4,7,15H2,1-3H3,(H,16,17). The first-order valence-electron chi connectivity index (χ1n) is 5.77. The monoisotopic (exact) mass is 298 g/mol. The Morgan fingerprint density at radius 2 is 1.94 bits per heavy atom. The fraction of sp³-hybridized carbons (Fsp3) is 0.462. The summed E-state index contributed by atoms with van der Waals surface area (Å²) in [6, 6.07) is 3.91. The maximum absolute atomic E-state index is 11.9. The number of halogens is 1. The minimum atomic E-state index is -0.112. The first kappa shape index (κ1) is 14.2. The molecule has 94 valence electrons. The van der Waals surface area contributed by atoms with Gasteiger partial charge in [0.25, 0.3) is 0 Å². The van der Waals surface area contributed by atoms with Crippen molar-refractivity contribution in [3.05, 3.63) is 27.7 Å². The van der Waals surface area contributed by atoms with E-state index in [2.05, 4.69) is 21.2 Å². The first-order valence-corrected chi connectivity index (χ1v) is 6.56. The van der Waals surface area contributed by atoms with E-state index in [1.807, 2.05) is 32.9 Å². The molecule has 0 aliphatic rings. The normalized spacial score (nSPS) is 12.3. The number of carbonyl (C=O) groups excluding carboxylic acids is 1. The number of anilines is 1. The summed E-state index contributed by atoms with van der Waals surface area (Å²) in [5, 5.41) is 2.91. The number of carbonyl (C=O) groups is 1. The van der Waals surface area contributed by atoms with Crippen LogP contribution in [-0.2, 0) is 4.79 Å². The third kappa shape index (κ3) is 3.54. The average molecular weight is 299 g/mol. The van der Waals surface area contributed by atoms with Gasteiger partial charge in [0.05, 0.1) is 5.92 Å². The van der Waals surface area contributed by atoms with Crippen LogP contribution in [0.15, 0.2) is 16.6 Å². The molecular formula is C13H19BrN2O. The summed E-state index contributed by atoms with van der Waals surface area (Å²) >= 11 is 3.50. The largest absolute Gasteiger partial charge is 0.330 e. The number of hydrogen-bond acceptors (Lipinski definition) is 2. The topological polar surface area (TPSA) is 55.1 Å². The summed E-state index contributed by atoms with van der Waals surface area (Å²) in [5.74, 6) is -0.115. The Balaban J connectivity index is 2.85. The van der Waals surface area contributed by atoms with Gasteiger partial charge in [-0.25, -0.2) is 0 Å². The Kier molecular flexibility index (Phi) is 5.15. The van der Waals surface area contributed by atoms with Gasteiger partial charge >= 0.3 is 0 Å². The highest BCUT2D eigenvalue weighted by molar-refractivity contribution is 9.10. The molecule has 0 saturated carbocycles. The number of nitrogens with one attached hydrogen (secondary N) is 1. The van der Waals surface area contributed by atoms with Gasteiger partial charge in [0.2, 0.25) is 5.91 Å². The second kappa shape index (κ2) is 6.17. The van der Waals surface area contributed by atoms with E-state index in [4.69, 9.17) is 5.73 Å². The molecule has 1 amide bonds. The molecule has 0 heterocycles. The molecule has 0 spiro atoms. The molecule has 1 aromatic carbocycles. The second-order valence-electron chi connectivity index (χ2n) is 4.25. The Morgan fingerprint density at radius 1 is 1.41 bits per heavy atom. The van der Waals surface area contributed by atoms with Gasteiger partial charge in [0, 0.05) is 16.7 Å². The van der Waals surface area contributed by atoms with Crippen LogP contribution in [-0.4, -0.2) is 12.5 Å². The molecular weight excluding hydrogens is 280 g/mol. The molecule has 0 radical (unpaired) electrons. The van der Waals surface area contributed by atoms with Crippen molar-refractivity contribution in [2.24, 2.45) is 11.7 Å². The molecule has 0 bridgehead atoms. The van der Waals surface area contributed by atoms with Crippen molar-refractivity contribution in [1.29, 1.82) is 0 Å². The summed E-state index contributed by atoms with van der Waals surface area (Å²) in [6.07, 6.45) is 0.761.